The second-order valence-corrected chi connectivity index (χ2v) is 6.18. The minimum Gasteiger partial charge on any atom is -0.308 e. The first kappa shape index (κ1) is 16.1. The average molecular weight is 303 g/mol. The zero-order chi connectivity index (χ0) is 15.1. The second kappa shape index (κ2) is 8.27. The molecule has 1 heterocycles. The van der Waals surface area contributed by atoms with E-state index < -0.39 is 0 Å². The molecule has 0 saturated heterocycles. The fraction of sp³-hybridized carbons (Fsp3) is 0.471. The Hall–Kier alpha value is -1.23. The first-order valence-electron chi connectivity index (χ1n) is 7.62. The summed E-state index contributed by atoms with van der Waals surface area (Å²) in [5, 5.41) is 3.49. The standard InChI is InChI=1S/C17H25N3S/c1-4-20(5-2)12-16-8-6-15(7-9-16)10-18-11-17-14(3)19-13-21-17/h6-9,13,18H,4-5,10-12H2,1-3H3. The van der Waals surface area contributed by atoms with E-state index in [1.807, 2.05) is 5.51 Å². The molecule has 4 heteroatoms. The van der Waals surface area contributed by atoms with E-state index in [2.05, 4.69) is 60.2 Å². The highest BCUT2D eigenvalue weighted by Crippen LogP contribution is 2.12. The first-order chi connectivity index (χ1) is 10.2. The Balaban J connectivity index is 1.81. The summed E-state index contributed by atoms with van der Waals surface area (Å²) in [6, 6.07) is 8.94. The molecular weight excluding hydrogens is 278 g/mol. The van der Waals surface area contributed by atoms with Crippen molar-refractivity contribution in [2.75, 3.05) is 13.1 Å². The van der Waals surface area contributed by atoms with Crippen molar-refractivity contribution >= 4 is 11.3 Å². The van der Waals surface area contributed by atoms with Crippen molar-refractivity contribution in [1.82, 2.24) is 15.2 Å². The van der Waals surface area contributed by atoms with Crippen molar-refractivity contribution in [1.29, 1.82) is 0 Å². The van der Waals surface area contributed by atoms with Crippen LogP contribution in [0.15, 0.2) is 29.8 Å². The minimum absolute atomic E-state index is 0.900. The lowest BCUT2D eigenvalue weighted by molar-refractivity contribution is 0.296. The van der Waals surface area contributed by atoms with Gasteiger partial charge in [-0.25, -0.2) is 4.98 Å². The lowest BCUT2D eigenvalue weighted by atomic mass is 10.1. The lowest BCUT2D eigenvalue weighted by Gasteiger charge is -2.18. The van der Waals surface area contributed by atoms with Crippen LogP contribution in [-0.4, -0.2) is 23.0 Å². The number of rotatable bonds is 8. The van der Waals surface area contributed by atoms with Gasteiger partial charge in [-0.3, -0.25) is 4.90 Å². The van der Waals surface area contributed by atoms with Gasteiger partial charge in [0.2, 0.25) is 0 Å². The Bertz CT molecular complexity index is 529. The van der Waals surface area contributed by atoms with Gasteiger partial charge in [0.1, 0.15) is 0 Å². The van der Waals surface area contributed by atoms with E-state index in [-0.39, 0.29) is 0 Å². The fourth-order valence-electron chi connectivity index (χ4n) is 2.28. The average Bonchev–Trinajstić information content (AvgIpc) is 2.92. The number of hydrogen-bond donors (Lipinski definition) is 1. The lowest BCUT2D eigenvalue weighted by Crippen LogP contribution is -2.22. The van der Waals surface area contributed by atoms with Gasteiger partial charge >= 0.3 is 0 Å². The van der Waals surface area contributed by atoms with Crippen molar-refractivity contribution in [2.45, 2.75) is 40.4 Å². The molecule has 0 spiro atoms. The Labute approximate surface area is 132 Å². The molecule has 2 aromatic rings. The van der Waals surface area contributed by atoms with Gasteiger partial charge in [-0.05, 0) is 31.1 Å². The van der Waals surface area contributed by atoms with Crippen LogP contribution in [-0.2, 0) is 19.6 Å². The van der Waals surface area contributed by atoms with Gasteiger partial charge < -0.3 is 5.32 Å². The van der Waals surface area contributed by atoms with Crippen molar-refractivity contribution < 1.29 is 0 Å². The van der Waals surface area contributed by atoms with Crippen molar-refractivity contribution in [2.24, 2.45) is 0 Å². The predicted octanol–water partition coefficient (Wildman–Crippen LogP) is 3.58. The number of nitrogens with one attached hydrogen (secondary N) is 1. The molecule has 21 heavy (non-hydrogen) atoms. The van der Waals surface area contributed by atoms with E-state index in [9.17, 15) is 0 Å². The van der Waals surface area contributed by atoms with Gasteiger partial charge in [0, 0.05) is 24.5 Å². The normalized spacial score (nSPS) is 11.2. The van der Waals surface area contributed by atoms with Crippen LogP contribution in [0, 0.1) is 6.92 Å². The number of hydrogen-bond acceptors (Lipinski definition) is 4. The van der Waals surface area contributed by atoms with Crippen molar-refractivity contribution in [3.8, 4) is 0 Å². The third-order valence-corrected chi connectivity index (χ3v) is 4.72. The van der Waals surface area contributed by atoms with Gasteiger partial charge in [0.05, 0.1) is 11.2 Å². The Morgan fingerprint density at radius 1 is 1.05 bits per heavy atom. The Morgan fingerprint density at radius 2 is 1.71 bits per heavy atom. The molecule has 0 radical (unpaired) electrons. The molecular formula is C17H25N3S. The summed E-state index contributed by atoms with van der Waals surface area (Å²) in [5.41, 5.74) is 5.78. The zero-order valence-corrected chi connectivity index (χ0v) is 14.0. The molecule has 0 bridgehead atoms. The molecule has 0 unspecified atom stereocenters. The molecule has 3 nitrogen and oxygen atoms in total. The molecule has 0 aliphatic heterocycles. The van der Waals surface area contributed by atoms with Crippen LogP contribution in [0.2, 0.25) is 0 Å². The van der Waals surface area contributed by atoms with Crippen LogP contribution in [0.25, 0.3) is 0 Å². The molecule has 0 saturated carbocycles. The third kappa shape index (κ3) is 4.92. The number of aromatic nitrogens is 1. The van der Waals surface area contributed by atoms with Crippen LogP contribution < -0.4 is 5.32 Å². The van der Waals surface area contributed by atoms with Gasteiger partial charge in [-0.15, -0.1) is 11.3 Å². The summed E-state index contributed by atoms with van der Waals surface area (Å²) >= 11 is 1.72. The third-order valence-electron chi connectivity index (χ3n) is 3.78. The van der Waals surface area contributed by atoms with E-state index in [0.717, 1.165) is 38.4 Å². The molecule has 1 aromatic carbocycles. The highest BCUT2D eigenvalue weighted by Gasteiger charge is 2.02. The van der Waals surface area contributed by atoms with Crippen LogP contribution in [0.4, 0.5) is 0 Å². The Kier molecular flexibility index (Phi) is 6.36. The molecule has 2 rings (SSSR count). The van der Waals surface area contributed by atoms with Crippen LogP contribution in [0.3, 0.4) is 0 Å². The molecule has 0 amide bonds. The van der Waals surface area contributed by atoms with E-state index in [4.69, 9.17) is 0 Å². The summed E-state index contributed by atoms with van der Waals surface area (Å²) < 4.78 is 0. The van der Waals surface area contributed by atoms with Gasteiger partial charge in [0.25, 0.3) is 0 Å². The maximum Gasteiger partial charge on any atom is 0.0798 e. The van der Waals surface area contributed by atoms with E-state index >= 15 is 0 Å². The summed E-state index contributed by atoms with van der Waals surface area (Å²) in [4.78, 5) is 8.03. The van der Waals surface area contributed by atoms with Gasteiger partial charge in [-0.1, -0.05) is 38.1 Å². The zero-order valence-electron chi connectivity index (χ0n) is 13.2. The number of aryl methyl sites for hydroxylation is 1. The van der Waals surface area contributed by atoms with Gasteiger partial charge in [0.15, 0.2) is 0 Å². The van der Waals surface area contributed by atoms with E-state index in [1.165, 1.54) is 16.0 Å². The van der Waals surface area contributed by atoms with Gasteiger partial charge in [-0.2, -0.15) is 0 Å². The molecule has 1 aromatic heterocycles. The molecule has 0 fully saturated rings. The summed E-state index contributed by atoms with van der Waals surface area (Å²) in [5.74, 6) is 0. The quantitative estimate of drug-likeness (QED) is 0.808. The predicted molar refractivity (Wildman–Crippen MR) is 90.5 cm³/mol. The maximum absolute atomic E-state index is 4.27. The maximum atomic E-state index is 4.27. The summed E-state index contributed by atoms with van der Waals surface area (Å²) in [6.07, 6.45) is 0. The molecule has 114 valence electrons. The number of thiazole rings is 1. The summed E-state index contributed by atoms with van der Waals surface area (Å²) in [6.45, 7) is 11.5. The van der Waals surface area contributed by atoms with E-state index in [1.54, 1.807) is 11.3 Å². The topological polar surface area (TPSA) is 28.2 Å². The van der Waals surface area contributed by atoms with Crippen molar-refractivity contribution in [3.63, 3.8) is 0 Å². The highest BCUT2D eigenvalue weighted by atomic mass is 32.1. The largest absolute Gasteiger partial charge is 0.308 e. The fourth-order valence-corrected chi connectivity index (χ4v) is 3.03. The molecule has 1 N–H and O–H groups in total. The Morgan fingerprint density at radius 3 is 2.29 bits per heavy atom. The SMILES string of the molecule is CCN(CC)Cc1ccc(CNCc2scnc2C)cc1. The first-order valence-corrected chi connectivity index (χ1v) is 8.50. The van der Waals surface area contributed by atoms with Crippen LogP contribution >= 0.6 is 11.3 Å². The second-order valence-electron chi connectivity index (χ2n) is 5.24. The molecule has 0 aliphatic carbocycles. The molecule has 0 aliphatic rings. The number of nitrogens with zero attached hydrogens (tertiary/aromatic N) is 2. The molecule has 0 atom stereocenters. The van der Waals surface area contributed by atoms with Crippen LogP contribution in [0.5, 0.6) is 0 Å². The monoisotopic (exact) mass is 303 g/mol. The van der Waals surface area contributed by atoms with Crippen LogP contribution in [0.1, 0.15) is 35.5 Å². The highest BCUT2D eigenvalue weighted by molar-refractivity contribution is 7.09. The number of benzene rings is 1. The minimum atomic E-state index is 0.900. The van der Waals surface area contributed by atoms with E-state index in [0.29, 0.717) is 0 Å². The smallest absolute Gasteiger partial charge is 0.0798 e. The van der Waals surface area contributed by atoms with Crippen molar-refractivity contribution in [3.05, 3.63) is 51.5 Å². The summed E-state index contributed by atoms with van der Waals surface area (Å²) in [7, 11) is 0.